The zero-order valence-electron chi connectivity index (χ0n) is 11.6. The minimum atomic E-state index is -3.79. The van der Waals surface area contributed by atoms with Crippen LogP contribution in [0.4, 0.5) is 0 Å². The van der Waals surface area contributed by atoms with Crippen LogP contribution in [0.25, 0.3) is 10.8 Å². The van der Waals surface area contributed by atoms with E-state index < -0.39 is 21.5 Å². The predicted octanol–water partition coefficient (Wildman–Crippen LogP) is 1.44. The molecule has 0 atom stereocenters. The summed E-state index contributed by atoms with van der Waals surface area (Å²) in [6, 6.07) is 10.6. The number of sulfonamides is 1. The lowest BCUT2D eigenvalue weighted by Crippen LogP contribution is -2.46. The molecule has 0 unspecified atom stereocenters. The second-order valence-corrected chi connectivity index (χ2v) is 7.13. The van der Waals surface area contributed by atoms with Crippen molar-refractivity contribution < 1.29 is 13.2 Å². The predicted molar refractivity (Wildman–Crippen MR) is 80.2 cm³/mol. The average Bonchev–Trinajstić information content (AvgIpc) is 3.19. The van der Waals surface area contributed by atoms with Gasteiger partial charge in [0.15, 0.2) is 0 Å². The highest BCUT2D eigenvalue weighted by molar-refractivity contribution is 7.89. The Balaban J connectivity index is 2.12. The fourth-order valence-electron chi connectivity index (χ4n) is 2.49. The van der Waals surface area contributed by atoms with E-state index >= 15 is 0 Å². The number of amides is 1. The summed E-state index contributed by atoms with van der Waals surface area (Å²) in [6.45, 7) is 1.93. The molecule has 3 rings (SSSR count). The summed E-state index contributed by atoms with van der Waals surface area (Å²) in [4.78, 5) is 11.6. The molecule has 6 heteroatoms. The molecule has 0 bridgehead atoms. The Morgan fingerprint density at radius 2 is 1.76 bits per heavy atom. The van der Waals surface area contributed by atoms with Crippen molar-refractivity contribution in [2.45, 2.75) is 30.2 Å². The van der Waals surface area contributed by atoms with E-state index in [0.29, 0.717) is 18.2 Å². The van der Waals surface area contributed by atoms with Crippen LogP contribution in [0, 0.1) is 6.92 Å². The van der Waals surface area contributed by atoms with E-state index in [1.54, 1.807) is 24.3 Å². The minimum absolute atomic E-state index is 0.177. The first kappa shape index (κ1) is 14.0. The minimum Gasteiger partial charge on any atom is -0.368 e. The van der Waals surface area contributed by atoms with Gasteiger partial charge in [0.1, 0.15) is 5.54 Å². The first-order valence-electron chi connectivity index (χ1n) is 6.68. The molecule has 1 amide bonds. The van der Waals surface area contributed by atoms with E-state index in [1.165, 1.54) is 0 Å². The third-order valence-electron chi connectivity index (χ3n) is 3.94. The van der Waals surface area contributed by atoms with E-state index in [9.17, 15) is 13.2 Å². The van der Waals surface area contributed by atoms with Gasteiger partial charge in [0.25, 0.3) is 0 Å². The van der Waals surface area contributed by atoms with Crippen molar-refractivity contribution in [2.75, 3.05) is 0 Å². The van der Waals surface area contributed by atoms with Crippen LogP contribution in [-0.2, 0) is 14.8 Å². The smallest absolute Gasteiger partial charge is 0.242 e. The molecule has 110 valence electrons. The number of hydrogen-bond acceptors (Lipinski definition) is 3. The molecule has 2 aromatic carbocycles. The summed E-state index contributed by atoms with van der Waals surface area (Å²) in [6.07, 6.45) is 0.900. The van der Waals surface area contributed by atoms with Gasteiger partial charge in [-0.2, -0.15) is 4.72 Å². The standard InChI is InChI=1S/C15H16N2O3S/c1-10-6-7-13(12-5-3-2-4-11(10)12)21(19,20)17-15(8-9-15)14(16)18/h2-7,17H,8-9H2,1H3,(H2,16,18). The highest BCUT2D eigenvalue weighted by Gasteiger charge is 2.51. The maximum Gasteiger partial charge on any atom is 0.242 e. The van der Waals surface area contributed by atoms with Crippen molar-refractivity contribution in [3.8, 4) is 0 Å². The Hall–Kier alpha value is -1.92. The van der Waals surface area contributed by atoms with Crippen LogP contribution >= 0.6 is 0 Å². The zero-order chi connectivity index (χ0) is 15.3. The van der Waals surface area contributed by atoms with Gasteiger partial charge in [-0.3, -0.25) is 4.79 Å². The molecule has 0 aromatic heterocycles. The summed E-state index contributed by atoms with van der Waals surface area (Å²) in [7, 11) is -3.79. The van der Waals surface area contributed by atoms with Crippen molar-refractivity contribution >= 4 is 26.7 Å². The van der Waals surface area contributed by atoms with Gasteiger partial charge >= 0.3 is 0 Å². The second-order valence-electron chi connectivity index (χ2n) is 5.48. The average molecular weight is 304 g/mol. The highest BCUT2D eigenvalue weighted by Crippen LogP contribution is 2.37. The third-order valence-corrected chi connectivity index (χ3v) is 5.54. The van der Waals surface area contributed by atoms with Crippen LogP contribution < -0.4 is 10.5 Å². The van der Waals surface area contributed by atoms with Crippen LogP contribution in [0.5, 0.6) is 0 Å². The molecule has 0 heterocycles. The number of fused-ring (bicyclic) bond motifs is 1. The topological polar surface area (TPSA) is 89.3 Å². The van der Waals surface area contributed by atoms with Gasteiger partial charge in [-0.25, -0.2) is 8.42 Å². The number of nitrogens with two attached hydrogens (primary N) is 1. The van der Waals surface area contributed by atoms with E-state index in [1.807, 2.05) is 19.1 Å². The normalized spacial score (nSPS) is 16.8. The molecule has 0 saturated heterocycles. The van der Waals surface area contributed by atoms with Crippen LogP contribution in [-0.4, -0.2) is 19.9 Å². The molecule has 0 spiro atoms. The maximum atomic E-state index is 12.6. The molecule has 1 saturated carbocycles. The quantitative estimate of drug-likeness (QED) is 0.895. The number of primary amides is 1. The Morgan fingerprint density at radius 1 is 1.14 bits per heavy atom. The Morgan fingerprint density at radius 3 is 2.33 bits per heavy atom. The van der Waals surface area contributed by atoms with Gasteiger partial charge in [0, 0.05) is 5.39 Å². The summed E-state index contributed by atoms with van der Waals surface area (Å²) in [5, 5.41) is 1.52. The third kappa shape index (κ3) is 2.30. The largest absolute Gasteiger partial charge is 0.368 e. The summed E-state index contributed by atoms with van der Waals surface area (Å²) >= 11 is 0. The van der Waals surface area contributed by atoms with E-state index in [-0.39, 0.29) is 4.90 Å². The van der Waals surface area contributed by atoms with Crippen LogP contribution in [0.2, 0.25) is 0 Å². The number of nitrogens with one attached hydrogen (secondary N) is 1. The van der Waals surface area contributed by atoms with Gasteiger partial charge in [0.05, 0.1) is 4.90 Å². The Labute approximate surface area is 123 Å². The van der Waals surface area contributed by atoms with Crippen LogP contribution in [0.15, 0.2) is 41.3 Å². The fraction of sp³-hybridized carbons (Fsp3) is 0.267. The zero-order valence-corrected chi connectivity index (χ0v) is 12.4. The van der Waals surface area contributed by atoms with Crippen molar-refractivity contribution in [2.24, 2.45) is 5.73 Å². The molecular formula is C15H16N2O3S. The first-order valence-corrected chi connectivity index (χ1v) is 8.16. The van der Waals surface area contributed by atoms with Gasteiger partial charge in [-0.05, 0) is 36.8 Å². The molecule has 21 heavy (non-hydrogen) atoms. The van der Waals surface area contributed by atoms with Gasteiger partial charge in [-0.1, -0.05) is 30.3 Å². The Bertz CT molecular complexity index is 839. The summed E-state index contributed by atoms with van der Waals surface area (Å²) in [5.41, 5.74) is 5.18. The van der Waals surface area contributed by atoms with Gasteiger partial charge in [-0.15, -0.1) is 0 Å². The molecule has 0 radical (unpaired) electrons. The van der Waals surface area contributed by atoms with Crippen molar-refractivity contribution in [1.82, 2.24) is 4.72 Å². The number of hydrogen-bond donors (Lipinski definition) is 2. The molecule has 0 aliphatic heterocycles. The van der Waals surface area contributed by atoms with Gasteiger partial charge in [0.2, 0.25) is 15.9 Å². The van der Waals surface area contributed by atoms with E-state index in [0.717, 1.165) is 10.9 Å². The molecule has 2 aromatic rings. The summed E-state index contributed by atoms with van der Waals surface area (Å²) in [5.74, 6) is -0.623. The molecule has 1 aliphatic carbocycles. The molecule has 3 N–H and O–H groups in total. The number of aryl methyl sites for hydroxylation is 1. The number of carbonyl (C=O) groups excluding carboxylic acids is 1. The first-order chi connectivity index (χ1) is 9.86. The van der Waals surface area contributed by atoms with E-state index in [2.05, 4.69) is 4.72 Å². The lowest BCUT2D eigenvalue weighted by molar-refractivity contribution is -0.120. The van der Waals surface area contributed by atoms with Crippen LogP contribution in [0.1, 0.15) is 18.4 Å². The van der Waals surface area contributed by atoms with Crippen molar-refractivity contribution in [3.63, 3.8) is 0 Å². The van der Waals surface area contributed by atoms with Crippen LogP contribution in [0.3, 0.4) is 0 Å². The lowest BCUT2D eigenvalue weighted by Gasteiger charge is -2.15. The molecule has 1 fully saturated rings. The molecular weight excluding hydrogens is 288 g/mol. The molecule has 5 nitrogen and oxygen atoms in total. The maximum absolute atomic E-state index is 12.6. The SMILES string of the molecule is Cc1ccc(S(=O)(=O)NC2(C(N)=O)CC2)c2ccccc12. The number of carbonyl (C=O) groups is 1. The Kier molecular flexibility index (Phi) is 3.04. The second kappa shape index (κ2) is 4.54. The lowest BCUT2D eigenvalue weighted by atomic mass is 10.1. The van der Waals surface area contributed by atoms with Crippen molar-refractivity contribution in [3.05, 3.63) is 42.0 Å². The fourth-order valence-corrected chi connectivity index (χ4v) is 4.14. The monoisotopic (exact) mass is 304 g/mol. The summed E-state index contributed by atoms with van der Waals surface area (Å²) < 4.78 is 27.7. The highest BCUT2D eigenvalue weighted by atomic mass is 32.2. The van der Waals surface area contributed by atoms with Gasteiger partial charge < -0.3 is 5.73 Å². The number of benzene rings is 2. The van der Waals surface area contributed by atoms with E-state index in [4.69, 9.17) is 5.73 Å². The molecule has 1 aliphatic rings. The van der Waals surface area contributed by atoms with Crippen molar-refractivity contribution in [1.29, 1.82) is 0 Å². The number of rotatable bonds is 4.